The molecule has 1 unspecified atom stereocenters. The first kappa shape index (κ1) is 9.26. The standard InChI is InChI=1S/C8H7IN2O/c1-12-6-2-3-11-8(4-6)7(9)5-10/h2-4,7H,1H3. The van der Waals surface area contributed by atoms with E-state index in [0.29, 0.717) is 0 Å². The highest BCUT2D eigenvalue weighted by Crippen LogP contribution is 2.22. The minimum Gasteiger partial charge on any atom is -0.497 e. The summed E-state index contributed by atoms with van der Waals surface area (Å²) in [5.41, 5.74) is 0.734. The lowest BCUT2D eigenvalue weighted by Crippen LogP contribution is -1.92. The molecule has 0 aliphatic heterocycles. The van der Waals surface area contributed by atoms with E-state index in [9.17, 15) is 0 Å². The summed E-state index contributed by atoms with van der Waals surface area (Å²) in [5, 5.41) is 8.61. The first-order chi connectivity index (χ1) is 5.77. The van der Waals surface area contributed by atoms with Crippen molar-refractivity contribution in [3.05, 3.63) is 24.0 Å². The number of nitriles is 1. The van der Waals surface area contributed by atoms with E-state index in [0.717, 1.165) is 11.4 Å². The fourth-order valence-electron chi connectivity index (χ4n) is 0.760. The van der Waals surface area contributed by atoms with Crippen LogP contribution in [-0.4, -0.2) is 12.1 Å². The van der Waals surface area contributed by atoms with Crippen LogP contribution in [0.5, 0.6) is 5.75 Å². The molecule has 1 atom stereocenters. The minimum absolute atomic E-state index is 0.210. The molecular formula is C8H7IN2O. The fourth-order valence-corrected chi connectivity index (χ4v) is 1.10. The number of hydrogen-bond acceptors (Lipinski definition) is 3. The van der Waals surface area contributed by atoms with Crippen LogP contribution >= 0.6 is 22.6 Å². The maximum Gasteiger partial charge on any atom is 0.140 e. The van der Waals surface area contributed by atoms with Crippen LogP contribution in [0.1, 0.15) is 9.62 Å². The van der Waals surface area contributed by atoms with Crippen molar-refractivity contribution in [2.75, 3.05) is 7.11 Å². The van der Waals surface area contributed by atoms with E-state index in [1.807, 2.05) is 22.6 Å². The molecule has 0 aromatic carbocycles. The quantitative estimate of drug-likeness (QED) is 0.612. The van der Waals surface area contributed by atoms with Gasteiger partial charge in [0.25, 0.3) is 0 Å². The number of aromatic nitrogens is 1. The van der Waals surface area contributed by atoms with Crippen LogP contribution in [0.15, 0.2) is 18.3 Å². The molecule has 1 aromatic heterocycles. The van der Waals surface area contributed by atoms with Gasteiger partial charge in [0, 0.05) is 12.3 Å². The van der Waals surface area contributed by atoms with Gasteiger partial charge in [0.1, 0.15) is 9.67 Å². The minimum atomic E-state index is -0.210. The van der Waals surface area contributed by atoms with E-state index in [1.54, 1.807) is 25.4 Å². The third kappa shape index (κ3) is 2.08. The summed E-state index contributed by atoms with van der Waals surface area (Å²) >= 11 is 2.03. The van der Waals surface area contributed by atoms with Crippen LogP contribution in [-0.2, 0) is 0 Å². The highest BCUT2D eigenvalue weighted by Gasteiger charge is 2.07. The molecule has 0 radical (unpaired) electrons. The molecule has 0 fully saturated rings. The summed E-state index contributed by atoms with van der Waals surface area (Å²) in [4.78, 5) is 4.05. The lowest BCUT2D eigenvalue weighted by Gasteiger charge is -2.02. The molecule has 1 heterocycles. The molecule has 0 saturated carbocycles. The number of rotatable bonds is 2. The molecule has 12 heavy (non-hydrogen) atoms. The van der Waals surface area contributed by atoms with Crippen molar-refractivity contribution in [3.8, 4) is 11.8 Å². The highest BCUT2D eigenvalue weighted by atomic mass is 127. The molecule has 1 aromatic rings. The van der Waals surface area contributed by atoms with Gasteiger partial charge in [-0.3, -0.25) is 4.98 Å². The van der Waals surface area contributed by atoms with Crippen LogP contribution in [0, 0.1) is 11.3 Å². The number of pyridine rings is 1. The number of alkyl halides is 1. The van der Waals surface area contributed by atoms with Gasteiger partial charge in [0.2, 0.25) is 0 Å². The molecule has 0 bridgehead atoms. The van der Waals surface area contributed by atoms with E-state index in [-0.39, 0.29) is 3.92 Å². The van der Waals surface area contributed by atoms with Crippen molar-refractivity contribution in [1.29, 1.82) is 5.26 Å². The predicted molar refractivity (Wildman–Crippen MR) is 53.2 cm³/mol. The van der Waals surface area contributed by atoms with Gasteiger partial charge in [-0.15, -0.1) is 0 Å². The number of hydrogen-bond donors (Lipinski definition) is 0. The SMILES string of the molecule is COc1ccnc(C(I)C#N)c1. The van der Waals surface area contributed by atoms with Crippen LogP contribution in [0.3, 0.4) is 0 Å². The maximum atomic E-state index is 8.61. The summed E-state index contributed by atoms with van der Waals surface area (Å²) < 4.78 is 4.79. The smallest absolute Gasteiger partial charge is 0.140 e. The van der Waals surface area contributed by atoms with Crippen LogP contribution in [0.2, 0.25) is 0 Å². The Morgan fingerprint density at radius 3 is 3.08 bits per heavy atom. The Labute approximate surface area is 84.5 Å². The summed E-state index contributed by atoms with van der Waals surface area (Å²) in [6.45, 7) is 0. The zero-order valence-electron chi connectivity index (χ0n) is 6.49. The molecule has 0 aliphatic carbocycles. The molecule has 0 amide bonds. The van der Waals surface area contributed by atoms with E-state index >= 15 is 0 Å². The summed E-state index contributed by atoms with van der Waals surface area (Å²) in [7, 11) is 1.59. The van der Waals surface area contributed by atoms with Crippen molar-refractivity contribution >= 4 is 22.6 Å². The second kappa shape index (κ2) is 4.26. The Kier molecular flexibility index (Phi) is 3.29. The van der Waals surface area contributed by atoms with Crippen molar-refractivity contribution < 1.29 is 4.74 Å². The first-order valence-corrected chi connectivity index (χ1v) is 4.56. The molecule has 0 N–H and O–H groups in total. The summed E-state index contributed by atoms with van der Waals surface area (Å²) in [6.07, 6.45) is 1.64. The topological polar surface area (TPSA) is 45.9 Å². The third-order valence-electron chi connectivity index (χ3n) is 1.36. The average molecular weight is 274 g/mol. The van der Waals surface area contributed by atoms with Crippen molar-refractivity contribution in [2.45, 2.75) is 3.92 Å². The van der Waals surface area contributed by atoms with E-state index < -0.39 is 0 Å². The molecule has 0 saturated heterocycles. The normalized spacial score (nSPS) is 11.8. The summed E-state index contributed by atoms with van der Waals surface area (Å²) in [5.74, 6) is 0.733. The molecule has 1 rings (SSSR count). The van der Waals surface area contributed by atoms with Crippen LogP contribution < -0.4 is 4.74 Å². The lowest BCUT2D eigenvalue weighted by atomic mass is 10.3. The van der Waals surface area contributed by atoms with Crippen molar-refractivity contribution in [1.82, 2.24) is 4.98 Å². The Morgan fingerprint density at radius 1 is 1.75 bits per heavy atom. The van der Waals surface area contributed by atoms with Gasteiger partial charge in [-0.1, -0.05) is 22.6 Å². The average Bonchev–Trinajstić information content (AvgIpc) is 2.17. The number of nitrogens with zero attached hydrogens (tertiary/aromatic N) is 2. The fraction of sp³-hybridized carbons (Fsp3) is 0.250. The molecule has 62 valence electrons. The van der Waals surface area contributed by atoms with Gasteiger partial charge in [-0.05, 0) is 6.07 Å². The predicted octanol–water partition coefficient (Wildman–Crippen LogP) is 2.09. The Balaban J connectivity index is 2.95. The lowest BCUT2D eigenvalue weighted by molar-refractivity contribution is 0.413. The molecule has 0 aliphatic rings. The van der Waals surface area contributed by atoms with Crippen LogP contribution in [0.4, 0.5) is 0 Å². The number of halogens is 1. The Morgan fingerprint density at radius 2 is 2.50 bits per heavy atom. The maximum absolute atomic E-state index is 8.61. The van der Waals surface area contributed by atoms with Crippen LogP contribution in [0.25, 0.3) is 0 Å². The van der Waals surface area contributed by atoms with E-state index in [4.69, 9.17) is 10.00 Å². The van der Waals surface area contributed by atoms with Crippen molar-refractivity contribution in [2.24, 2.45) is 0 Å². The second-order valence-corrected chi connectivity index (χ2v) is 3.36. The van der Waals surface area contributed by atoms with E-state index in [1.165, 1.54) is 0 Å². The Bertz CT molecular complexity index is 308. The molecular weight excluding hydrogens is 267 g/mol. The molecule has 4 heteroatoms. The van der Waals surface area contributed by atoms with Gasteiger partial charge >= 0.3 is 0 Å². The number of ether oxygens (including phenoxy) is 1. The highest BCUT2D eigenvalue weighted by molar-refractivity contribution is 14.1. The monoisotopic (exact) mass is 274 g/mol. The second-order valence-electron chi connectivity index (χ2n) is 2.11. The third-order valence-corrected chi connectivity index (χ3v) is 2.28. The zero-order chi connectivity index (χ0) is 8.97. The van der Waals surface area contributed by atoms with Gasteiger partial charge in [-0.25, -0.2) is 0 Å². The van der Waals surface area contributed by atoms with Gasteiger partial charge < -0.3 is 4.74 Å². The zero-order valence-corrected chi connectivity index (χ0v) is 8.65. The largest absolute Gasteiger partial charge is 0.497 e. The van der Waals surface area contributed by atoms with Gasteiger partial charge in [-0.2, -0.15) is 5.26 Å². The van der Waals surface area contributed by atoms with E-state index in [2.05, 4.69) is 11.1 Å². The Hall–Kier alpha value is -0.830. The van der Waals surface area contributed by atoms with Gasteiger partial charge in [0.15, 0.2) is 0 Å². The number of methoxy groups -OCH3 is 1. The molecule has 3 nitrogen and oxygen atoms in total. The first-order valence-electron chi connectivity index (χ1n) is 3.31. The summed E-state index contributed by atoms with van der Waals surface area (Å²) in [6, 6.07) is 5.62. The van der Waals surface area contributed by atoms with Crippen molar-refractivity contribution in [3.63, 3.8) is 0 Å². The molecule has 0 spiro atoms. The van der Waals surface area contributed by atoms with Gasteiger partial charge in [0.05, 0.1) is 18.9 Å².